The van der Waals surface area contributed by atoms with Crippen molar-refractivity contribution in [2.24, 2.45) is 4.99 Å². The van der Waals surface area contributed by atoms with Gasteiger partial charge >= 0.3 is 0 Å². The molecule has 0 aromatic heterocycles. The summed E-state index contributed by atoms with van der Waals surface area (Å²) >= 11 is 0. The molecular weight excluding hydrogens is 378 g/mol. The lowest BCUT2D eigenvalue weighted by Gasteiger charge is -2.15. The van der Waals surface area contributed by atoms with Crippen LogP contribution in [0.15, 0.2) is 47.5 Å². The summed E-state index contributed by atoms with van der Waals surface area (Å²) in [5.41, 5.74) is 3.38. The van der Waals surface area contributed by atoms with Crippen molar-refractivity contribution >= 4 is 11.6 Å². The Hall–Kier alpha value is -2.73. The third-order valence-electron chi connectivity index (χ3n) is 4.89. The molecule has 0 radical (unpaired) electrons. The fourth-order valence-corrected chi connectivity index (χ4v) is 3.15. The van der Waals surface area contributed by atoms with Crippen LogP contribution in [-0.4, -0.2) is 38.9 Å². The summed E-state index contributed by atoms with van der Waals surface area (Å²) < 4.78 is 17.0. The van der Waals surface area contributed by atoms with Gasteiger partial charge in [0.1, 0.15) is 0 Å². The van der Waals surface area contributed by atoms with Crippen molar-refractivity contribution in [2.75, 3.05) is 38.3 Å². The van der Waals surface area contributed by atoms with Crippen LogP contribution in [0.3, 0.4) is 0 Å². The third-order valence-corrected chi connectivity index (χ3v) is 4.89. The number of aliphatic imine (C=N–C) groups is 1. The number of nitrogens with zero attached hydrogens (tertiary/aromatic N) is 1. The SMILES string of the molecule is CCOCCCCNC(=NCc1ccccc1C)Nc1ccc2c(c1)OCCCO2. The zero-order valence-corrected chi connectivity index (χ0v) is 18.1. The Morgan fingerprint density at radius 2 is 1.90 bits per heavy atom. The molecule has 162 valence electrons. The lowest BCUT2D eigenvalue weighted by Crippen LogP contribution is -2.32. The average Bonchev–Trinajstić information content (AvgIpc) is 3.00. The van der Waals surface area contributed by atoms with Crippen molar-refractivity contribution in [1.29, 1.82) is 0 Å². The summed E-state index contributed by atoms with van der Waals surface area (Å²) in [4.78, 5) is 4.81. The molecule has 0 aliphatic carbocycles. The molecule has 6 nitrogen and oxygen atoms in total. The van der Waals surface area contributed by atoms with E-state index in [0.29, 0.717) is 19.8 Å². The second kappa shape index (κ2) is 12.1. The molecular formula is C24H33N3O3. The number of hydrogen-bond acceptors (Lipinski definition) is 4. The molecule has 0 unspecified atom stereocenters. The van der Waals surface area contributed by atoms with E-state index in [1.54, 1.807) is 0 Å². The molecule has 0 amide bonds. The minimum absolute atomic E-state index is 0.617. The molecule has 2 N–H and O–H groups in total. The van der Waals surface area contributed by atoms with Crippen LogP contribution in [0.5, 0.6) is 11.5 Å². The molecule has 0 saturated carbocycles. The van der Waals surface area contributed by atoms with Crippen LogP contribution in [0.1, 0.15) is 37.3 Å². The third kappa shape index (κ3) is 6.95. The van der Waals surface area contributed by atoms with Crippen LogP contribution in [0.2, 0.25) is 0 Å². The summed E-state index contributed by atoms with van der Waals surface area (Å²) in [6, 6.07) is 14.2. The highest BCUT2D eigenvalue weighted by Gasteiger charge is 2.11. The van der Waals surface area contributed by atoms with Gasteiger partial charge in [0.25, 0.3) is 0 Å². The van der Waals surface area contributed by atoms with Crippen LogP contribution in [-0.2, 0) is 11.3 Å². The van der Waals surface area contributed by atoms with Crippen LogP contribution in [0.4, 0.5) is 5.69 Å². The van der Waals surface area contributed by atoms with E-state index in [-0.39, 0.29) is 0 Å². The van der Waals surface area contributed by atoms with Gasteiger partial charge in [-0.15, -0.1) is 0 Å². The lowest BCUT2D eigenvalue weighted by atomic mass is 10.1. The normalized spacial score (nSPS) is 13.6. The highest BCUT2D eigenvalue weighted by atomic mass is 16.5. The number of ether oxygens (including phenoxy) is 3. The number of guanidine groups is 1. The van der Waals surface area contributed by atoms with E-state index in [0.717, 1.165) is 62.2 Å². The largest absolute Gasteiger partial charge is 0.490 e. The summed E-state index contributed by atoms with van der Waals surface area (Å²) in [6.07, 6.45) is 2.94. The maximum absolute atomic E-state index is 5.81. The molecule has 0 atom stereocenters. The zero-order valence-electron chi connectivity index (χ0n) is 18.1. The molecule has 2 aromatic carbocycles. The Labute approximate surface area is 179 Å². The van der Waals surface area contributed by atoms with Crippen molar-refractivity contribution in [3.8, 4) is 11.5 Å². The van der Waals surface area contributed by atoms with Crippen molar-refractivity contribution in [1.82, 2.24) is 5.32 Å². The van der Waals surface area contributed by atoms with Gasteiger partial charge in [-0.25, -0.2) is 4.99 Å². The van der Waals surface area contributed by atoms with Crippen molar-refractivity contribution in [3.05, 3.63) is 53.6 Å². The quantitative estimate of drug-likeness (QED) is 0.361. The first-order valence-electron chi connectivity index (χ1n) is 10.8. The highest BCUT2D eigenvalue weighted by molar-refractivity contribution is 5.94. The molecule has 3 rings (SSSR count). The van der Waals surface area contributed by atoms with Gasteiger partial charge in [-0.1, -0.05) is 24.3 Å². The van der Waals surface area contributed by atoms with E-state index in [2.05, 4.69) is 41.8 Å². The van der Waals surface area contributed by atoms with E-state index in [4.69, 9.17) is 19.2 Å². The van der Waals surface area contributed by atoms with Crippen molar-refractivity contribution < 1.29 is 14.2 Å². The maximum atomic E-state index is 5.81. The Kier molecular flexibility index (Phi) is 8.84. The number of rotatable bonds is 9. The van der Waals surface area contributed by atoms with Gasteiger partial charge in [-0.3, -0.25) is 0 Å². The standard InChI is InChI=1S/C24H33N3O3/c1-3-28-14-7-6-13-25-24(26-18-20-10-5-4-9-19(20)2)27-21-11-12-22-23(17-21)30-16-8-15-29-22/h4-5,9-12,17H,3,6-8,13-16,18H2,1-2H3,(H2,25,26,27). The number of hydrogen-bond donors (Lipinski definition) is 2. The van der Waals surface area contributed by atoms with Gasteiger partial charge < -0.3 is 24.8 Å². The molecule has 1 heterocycles. The van der Waals surface area contributed by atoms with Crippen molar-refractivity contribution in [2.45, 2.75) is 39.7 Å². The number of unbranched alkanes of at least 4 members (excludes halogenated alkanes) is 1. The molecule has 0 saturated heterocycles. The van der Waals surface area contributed by atoms with Crippen LogP contribution in [0.25, 0.3) is 0 Å². The zero-order chi connectivity index (χ0) is 21.0. The smallest absolute Gasteiger partial charge is 0.196 e. The number of nitrogens with one attached hydrogen (secondary N) is 2. The Morgan fingerprint density at radius 1 is 1.07 bits per heavy atom. The first-order valence-corrected chi connectivity index (χ1v) is 10.8. The Morgan fingerprint density at radius 3 is 2.73 bits per heavy atom. The van der Waals surface area contributed by atoms with Crippen LogP contribution < -0.4 is 20.1 Å². The molecule has 6 heteroatoms. The number of anilines is 1. The summed E-state index contributed by atoms with van der Waals surface area (Å²) in [5.74, 6) is 2.32. The Balaban J connectivity index is 1.66. The number of fused-ring (bicyclic) bond motifs is 1. The van der Waals surface area contributed by atoms with E-state index in [1.807, 2.05) is 25.1 Å². The number of aryl methyl sites for hydroxylation is 1. The van der Waals surface area contributed by atoms with Gasteiger partial charge in [-0.2, -0.15) is 0 Å². The fraction of sp³-hybridized carbons (Fsp3) is 0.458. The fourth-order valence-electron chi connectivity index (χ4n) is 3.15. The molecule has 0 spiro atoms. The number of benzene rings is 2. The minimum Gasteiger partial charge on any atom is -0.490 e. The molecule has 1 aliphatic heterocycles. The first-order chi connectivity index (χ1) is 14.8. The summed E-state index contributed by atoms with van der Waals surface area (Å²) in [7, 11) is 0. The van der Waals surface area contributed by atoms with Gasteiger partial charge in [0.15, 0.2) is 17.5 Å². The summed E-state index contributed by atoms with van der Waals surface area (Å²) in [5, 5.41) is 6.85. The van der Waals surface area contributed by atoms with Crippen LogP contribution >= 0.6 is 0 Å². The van der Waals surface area contributed by atoms with E-state index in [1.165, 1.54) is 11.1 Å². The predicted molar refractivity (Wildman–Crippen MR) is 122 cm³/mol. The van der Waals surface area contributed by atoms with Gasteiger partial charge in [0, 0.05) is 37.9 Å². The molecule has 0 fully saturated rings. The molecule has 0 bridgehead atoms. The molecule has 30 heavy (non-hydrogen) atoms. The van der Waals surface area contributed by atoms with Crippen LogP contribution in [0, 0.1) is 6.92 Å². The lowest BCUT2D eigenvalue weighted by molar-refractivity contribution is 0.143. The summed E-state index contributed by atoms with van der Waals surface area (Å²) in [6.45, 7) is 8.50. The second-order valence-corrected chi connectivity index (χ2v) is 7.26. The van der Waals surface area contributed by atoms with Crippen molar-refractivity contribution in [3.63, 3.8) is 0 Å². The molecule has 2 aromatic rings. The highest BCUT2D eigenvalue weighted by Crippen LogP contribution is 2.32. The Bertz CT molecular complexity index is 823. The predicted octanol–water partition coefficient (Wildman–Crippen LogP) is 4.53. The second-order valence-electron chi connectivity index (χ2n) is 7.26. The topological polar surface area (TPSA) is 64.1 Å². The monoisotopic (exact) mass is 411 g/mol. The van der Waals surface area contributed by atoms with E-state index in [9.17, 15) is 0 Å². The average molecular weight is 412 g/mol. The van der Waals surface area contributed by atoms with Gasteiger partial charge in [0.05, 0.1) is 19.8 Å². The maximum Gasteiger partial charge on any atom is 0.196 e. The minimum atomic E-state index is 0.617. The van der Waals surface area contributed by atoms with E-state index < -0.39 is 0 Å². The van der Waals surface area contributed by atoms with Gasteiger partial charge in [0.2, 0.25) is 0 Å². The van der Waals surface area contributed by atoms with E-state index >= 15 is 0 Å². The molecule has 1 aliphatic rings. The van der Waals surface area contributed by atoms with Gasteiger partial charge in [-0.05, 0) is 49.9 Å². The first kappa shape index (κ1) is 22.0.